The van der Waals surface area contributed by atoms with Crippen molar-refractivity contribution in [2.75, 3.05) is 0 Å². The lowest BCUT2D eigenvalue weighted by molar-refractivity contribution is -0.396. The number of halogens is 1. The highest BCUT2D eigenvalue weighted by Gasteiger charge is 2.31. The predicted octanol–water partition coefficient (Wildman–Crippen LogP) is 5.28. The molecule has 24 heavy (non-hydrogen) atoms. The molecule has 0 aliphatic carbocycles. The van der Waals surface area contributed by atoms with Crippen LogP contribution in [0.1, 0.15) is 61.3 Å². The number of nitro benzene ring substituents is 2. The van der Waals surface area contributed by atoms with Crippen LogP contribution < -0.4 is 0 Å². The van der Waals surface area contributed by atoms with Crippen molar-refractivity contribution in [2.45, 2.75) is 72.4 Å². The van der Waals surface area contributed by atoms with Gasteiger partial charge in [-0.1, -0.05) is 32.6 Å². The van der Waals surface area contributed by atoms with E-state index in [9.17, 15) is 24.6 Å². The minimum atomic E-state index is -1.15. The van der Waals surface area contributed by atoms with Gasteiger partial charge in [0, 0.05) is 17.5 Å². The maximum absolute atomic E-state index is 14.3. The molecule has 1 rings (SSSR count). The van der Waals surface area contributed by atoms with Gasteiger partial charge in [0.15, 0.2) is 0 Å². The van der Waals surface area contributed by atoms with E-state index in [1.54, 1.807) is 13.8 Å². The van der Waals surface area contributed by atoms with Crippen molar-refractivity contribution in [3.63, 3.8) is 0 Å². The largest absolute Gasteiger partial charge is 0.282 e. The van der Waals surface area contributed by atoms with Crippen LogP contribution in [0.15, 0.2) is 0 Å². The Bertz CT molecular complexity index is 591. The number of unbranched alkanes of at least 4 members (excludes halogenated alkanes) is 3. The van der Waals surface area contributed by atoms with Crippen LogP contribution in [0.3, 0.4) is 0 Å². The lowest BCUT2D eigenvalue weighted by Crippen LogP contribution is -2.12. The summed E-state index contributed by atoms with van der Waals surface area (Å²) in [4.78, 5) is 21.4. The fourth-order valence-corrected chi connectivity index (χ4v) is 3.21. The second-order valence-corrected chi connectivity index (χ2v) is 6.22. The summed E-state index contributed by atoms with van der Waals surface area (Å²) < 4.78 is 14.3. The summed E-state index contributed by atoms with van der Waals surface area (Å²) in [5.41, 5.74) is 0.527. The molecule has 0 aliphatic heterocycles. The van der Waals surface area contributed by atoms with Gasteiger partial charge in [-0.05, 0) is 32.8 Å². The monoisotopic (exact) mass is 340 g/mol. The fourth-order valence-electron chi connectivity index (χ4n) is 3.21. The van der Waals surface area contributed by atoms with Gasteiger partial charge in [-0.2, -0.15) is 0 Å². The smallest absolute Gasteiger partial charge is 0.258 e. The molecule has 0 N–H and O–H groups in total. The summed E-state index contributed by atoms with van der Waals surface area (Å²) in [6.07, 6.45) is 3.01. The number of nitrogens with zero attached hydrogens (tertiary/aromatic N) is 2. The molecule has 1 aromatic rings. The Balaban J connectivity index is 3.18. The molecule has 0 spiro atoms. The third kappa shape index (κ3) is 4.49. The Labute approximate surface area is 141 Å². The molecule has 1 atom stereocenters. The van der Waals surface area contributed by atoms with E-state index in [2.05, 4.69) is 6.92 Å². The topological polar surface area (TPSA) is 86.3 Å². The van der Waals surface area contributed by atoms with Crippen molar-refractivity contribution >= 4 is 11.4 Å². The standard InChI is InChI=1S/C17H25FN2O4/c1-5-6-7-8-9-14(18)10-15-11(2)16(19(21)22)13(4)17(12(15)3)20(23)24/h14H,5-10H2,1-4H3. The summed E-state index contributed by atoms with van der Waals surface area (Å²) >= 11 is 0. The predicted molar refractivity (Wildman–Crippen MR) is 91.3 cm³/mol. The van der Waals surface area contributed by atoms with Gasteiger partial charge in [0.05, 0.1) is 9.85 Å². The number of hydrogen-bond acceptors (Lipinski definition) is 4. The number of nitro groups is 2. The Morgan fingerprint density at radius 1 is 0.917 bits per heavy atom. The lowest BCUT2D eigenvalue weighted by Gasteiger charge is -2.15. The van der Waals surface area contributed by atoms with Crippen LogP contribution >= 0.6 is 0 Å². The Morgan fingerprint density at radius 2 is 1.42 bits per heavy atom. The van der Waals surface area contributed by atoms with Crippen LogP contribution in [0.25, 0.3) is 0 Å². The zero-order valence-corrected chi connectivity index (χ0v) is 14.7. The fraction of sp³-hybridized carbons (Fsp3) is 0.647. The van der Waals surface area contributed by atoms with Crippen LogP contribution in [0, 0.1) is 41.0 Å². The molecule has 1 unspecified atom stereocenters. The summed E-state index contributed by atoms with van der Waals surface area (Å²) in [5.74, 6) is 0. The quantitative estimate of drug-likeness (QED) is 0.348. The van der Waals surface area contributed by atoms with Crippen molar-refractivity contribution in [3.8, 4) is 0 Å². The molecule has 134 valence electrons. The highest BCUT2D eigenvalue weighted by molar-refractivity contribution is 5.65. The van der Waals surface area contributed by atoms with Crippen LogP contribution in [0.5, 0.6) is 0 Å². The van der Waals surface area contributed by atoms with E-state index in [0.717, 1.165) is 25.7 Å². The Hall–Kier alpha value is -2.05. The molecule has 0 aromatic heterocycles. The van der Waals surface area contributed by atoms with Gasteiger partial charge in [0.25, 0.3) is 11.4 Å². The van der Waals surface area contributed by atoms with E-state index < -0.39 is 16.0 Å². The van der Waals surface area contributed by atoms with E-state index in [1.165, 1.54) is 6.92 Å². The van der Waals surface area contributed by atoms with Gasteiger partial charge in [0.2, 0.25) is 0 Å². The van der Waals surface area contributed by atoms with E-state index in [1.807, 2.05) is 0 Å². The van der Waals surface area contributed by atoms with E-state index in [-0.39, 0.29) is 23.4 Å². The van der Waals surface area contributed by atoms with Gasteiger partial charge in [0.1, 0.15) is 11.7 Å². The highest BCUT2D eigenvalue weighted by Crippen LogP contribution is 2.38. The molecule has 0 saturated heterocycles. The normalized spacial score (nSPS) is 12.2. The first-order chi connectivity index (χ1) is 11.2. The molecule has 1 aromatic carbocycles. The Kier molecular flexibility index (Phi) is 7.25. The van der Waals surface area contributed by atoms with Crippen LogP contribution in [-0.4, -0.2) is 16.0 Å². The van der Waals surface area contributed by atoms with Crippen molar-refractivity contribution in [2.24, 2.45) is 0 Å². The highest BCUT2D eigenvalue weighted by atomic mass is 19.1. The molecule has 0 radical (unpaired) electrons. The molecule has 0 bridgehead atoms. The van der Waals surface area contributed by atoms with Crippen LogP contribution in [0.4, 0.5) is 15.8 Å². The van der Waals surface area contributed by atoms with Gasteiger partial charge in [-0.25, -0.2) is 4.39 Å². The third-order valence-corrected chi connectivity index (χ3v) is 4.49. The zero-order chi connectivity index (χ0) is 18.4. The average Bonchev–Trinajstić information content (AvgIpc) is 2.47. The maximum atomic E-state index is 14.3. The molecule has 6 nitrogen and oxygen atoms in total. The summed E-state index contributed by atoms with van der Waals surface area (Å²) in [5, 5.41) is 22.6. The number of rotatable bonds is 9. The number of benzene rings is 1. The molecule has 0 amide bonds. The second-order valence-electron chi connectivity index (χ2n) is 6.22. The molecule has 0 saturated carbocycles. The van der Waals surface area contributed by atoms with Crippen molar-refractivity contribution in [3.05, 3.63) is 42.5 Å². The van der Waals surface area contributed by atoms with Gasteiger partial charge in [-0.15, -0.1) is 0 Å². The minimum Gasteiger partial charge on any atom is -0.258 e. The lowest BCUT2D eigenvalue weighted by atomic mass is 9.91. The van der Waals surface area contributed by atoms with Gasteiger partial charge < -0.3 is 0 Å². The minimum absolute atomic E-state index is 0.0221. The number of alkyl halides is 1. The summed E-state index contributed by atoms with van der Waals surface area (Å²) in [6, 6.07) is 0. The average molecular weight is 340 g/mol. The maximum Gasteiger partial charge on any atom is 0.282 e. The van der Waals surface area contributed by atoms with Gasteiger partial charge >= 0.3 is 0 Å². The number of hydrogen-bond donors (Lipinski definition) is 0. The first-order valence-corrected chi connectivity index (χ1v) is 8.27. The van der Waals surface area contributed by atoms with Crippen molar-refractivity contribution in [1.82, 2.24) is 0 Å². The molecule has 7 heteroatoms. The molecular weight excluding hydrogens is 315 g/mol. The second kappa shape index (κ2) is 8.70. The third-order valence-electron chi connectivity index (χ3n) is 4.49. The summed E-state index contributed by atoms with van der Waals surface area (Å²) in [7, 11) is 0. The molecule has 0 heterocycles. The first-order valence-electron chi connectivity index (χ1n) is 8.27. The van der Waals surface area contributed by atoms with E-state index >= 15 is 0 Å². The van der Waals surface area contributed by atoms with E-state index in [0.29, 0.717) is 23.1 Å². The zero-order valence-electron chi connectivity index (χ0n) is 14.7. The van der Waals surface area contributed by atoms with E-state index in [4.69, 9.17) is 0 Å². The van der Waals surface area contributed by atoms with Crippen molar-refractivity contribution < 1.29 is 14.2 Å². The molecule has 0 fully saturated rings. The first kappa shape index (κ1) is 20.0. The van der Waals surface area contributed by atoms with Crippen LogP contribution in [0.2, 0.25) is 0 Å². The van der Waals surface area contributed by atoms with Crippen molar-refractivity contribution in [1.29, 1.82) is 0 Å². The SMILES string of the molecule is CCCCCCC(F)Cc1c(C)c([N+](=O)[O-])c(C)c([N+](=O)[O-])c1C. The Morgan fingerprint density at radius 3 is 1.83 bits per heavy atom. The summed E-state index contributed by atoms with van der Waals surface area (Å²) in [6.45, 7) is 6.53. The molecule has 0 aliphatic rings. The molecular formula is C17H25FN2O4. The van der Waals surface area contributed by atoms with Crippen LogP contribution in [-0.2, 0) is 6.42 Å². The van der Waals surface area contributed by atoms with Gasteiger partial charge in [-0.3, -0.25) is 20.2 Å².